The zero-order valence-corrected chi connectivity index (χ0v) is 11.4. The van der Waals surface area contributed by atoms with Crippen LogP contribution in [-0.2, 0) is 0 Å². The average molecular weight is 299 g/mol. The topological polar surface area (TPSA) is 12.5 Å². The molecule has 0 fully saturated rings. The summed E-state index contributed by atoms with van der Waals surface area (Å²) in [6.45, 7) is 0. The first-order chi connectivity index (χ1) is 9.79. The summed E-state index contributed by atoms with van der Waals surface area (Å²) in [5.41, 5.74) is 0.590. The summed E-state index contributed by atoms with van der Waals surface area (Å²) in [5, 5.41) is 0. The molecule has 0 bridgehead atoms. The molecule has 0 aliphatic carbocycles. The molecule has 0 unspecified atom stereocenters. The van der Waals surface area contributed by atoms with Gasteiger partial charge in [0.05, 0.1) is 0 Å². The van der Waals surface area contributed by atoms with Crippen molar-refractivity contribution in [1.82, 2.24) is 0 Å². The van der Waals surface area contributed by atoms with Crippen molar-refractivity contribution in [2.75, 3.05) is 19.0 Å². The Kier molecular flexibility index (Phi) is 4.06. The van der Waals surface area contributed by atoms with Gasteiger partial charge in [-0.3, -0.25) is 0 Å². The zero-order valence-electron chi connectivity index (χ0n) is 11.4. The fraction of sp³-hybridized carbons (Fsp3) is 0.200. The Balaban J connectivity index is 2.63. The van der Waals surface area contributed by atoms with Crippen molar-refractivity contribution < 1.29 is 22.3 Å². The SMILES string of the molecule is CN(C)c1cccc(F)c1-c1ccccc1OC(F)(F)F. The minimum atomic E-state index is -4.83. The van der Waals surface area contributed by atoms with E-state index >= 15 is 0 Å². The number of ether oxygens (including phenoxy) is 1. The van der Waals surface area contributed by atoms with E-state index in [1.807, 2.05) is 0 Å². The van der Waals surface area contributed by atoms with Gasteiger partial charge >= 0.3 is 6.36 Å². The molecular formula is C15H13F4NO. The summed E-state index contributed by atoms with van der Waals surface area (Å²) in [6.07, 6.45) is -4.83. The summed E-state index contributed by atoms with van der Waals surface area (Å²) in [6, 6.07) is 9.82. The molecule has 0 saturated carbocycles. The van der Waals surface area contributed by atoms with Crippen molar-refractivity contribution in [3.8, 4) is 16.9 Å². The van der Waals surface area contributed by atoms with E-state index in [1.54, 1.807) is 25.1 Å². The van der Waals surface area contributed by atoms with Crippen molar-refractivity contribution in [3.05, 3.63) is 48.3 Å². The molecule has 0 heterocycles. The molecular weight excluding hydrogens is 286 g/mol. The number of benzene rings is 2. The molecule has 21 heavy (non-hydrogen) atoms. The molecule has 2 rings (SSSR count). The number of halogens is 4. The monoisotopic (exact) mass is 299 g/mol. The second kappa shape index (κ2) is 5.63. The van der Waals surface area contributed by atoms with Crippen LogP contribution in [0.5, 0.6) is 5.75 Å². The van der Waals surface area contributed by atoms with E-state index in [0.717, 1.165) is 6.07 Å². The predicted molar refractivity (Wildman–Crippen MR) is 72.8 cm³/mol. The fourth-order valence-electron chi connectivity index (χ4n) is 2.04. The van der Waals surface area contributed by atoms with E-state index in [4.69, 9.17) is 0 Å². The van der Waals surface area contributed by atoms with Crippen molar-refractivity contribution in [2.24, 2.45) is 0 Å². The first-order valence-corrected chi connectivity index (χ1v) is 6.10. The van der Waals surface area contributed by atoms with Gasteiger partial charge in [-0.2, -0.15) is 0 Å². The van der Waals surface area contributed by atoms with Crippen LogP contribution in [0.3, 0.4) is 0 Å². The van der Waals surface area contributed by atoms with Gasteiger partial charge in [0.25, 0.3) is 0 Å². The standard InChI is InChI=1S/C15H13F4NO/c1-20(2)12-8-5-7-11(16)14(12)10-6-3-4-9-13(10)21-15(17,18)19/h3-9H,1-2H3. The molecule has 6 heteroatoms. The van der Waals surface area contributed by atoms with E-state index in [2.05, 4.69) is 4.74 Å². The van der Waals surface area contributed by atoms with Crippen molar-refractivity contribution >= 4 is 5.69 Å². The lowest BCUT2D eigenvalue weighted by molar-refractivity contribution is -0.274. The Labute approximate surface area is 119 Å². The Morgan fingerprint density at radius 1 is 0.952 bits per heavy atom. The Morgan fingerprint density at radius 2 is 1.62 bits per heavy atom. The number of anilines is 1. The predicted octanol–water partition coefficient (Wildman–Crippen LogP) is 4.46. The number of hydrogen-bond donors (Lipinski definition) is 0. The van der Waals surface area contributed by atoms with E-state index in [0.29, 0.717) is 5.69 Å². The molecule has 0 N–H and O–H groups in total. The van der Waals surface area contributed by atoms with Crippen molar-refractivity contribution in [1.29, 1.82) is 0 Å². The maximum absolute atomic E-state index is 14.1. The largest absolute Gasteiger partial charge is 0.573 e. The quantitative estimate of drug-likeness (QED) is 0.776. The van der Waals surface area contributed by atoms with E-state index in [9.17, 15) is 17.6 Å². The van der Waals surface area contributed by atoms with Gasteiger partial charge in [-0.1, -0.05) is 24.3 Å². The molecule has 0 amide bonds. The molecule has 2 aromatic carbocycles. The second-order valence-electron chi connectivity index (χ2n) is 4.57. The van der Waals surface area contributed by atoms with Crippen molar-refractivity contribution in [3.63, 3.8) is 0 Å². The minimum Gasteiger partial charge on any atom is -0.405 e. The highest BCUT2D eigenvalue weighted by Gasteiger charge is 2.32. The average Bonchev–Trinajstić information content (AvgIpc) is 2.37. The molecule has 2 aromatic rings. The highest BCUT2D eigenvalue weighted by molar-refractivity contribution is 5.82. The van der Waals surface area contributed by atoms with Crippen LogP contribution in [0.1, 0.15) is 0 Å². The van der Waals surface area contributed by atoms with Crippen LogP contribution >= 0.6 is 0 Å². The lowest BCUT2D eigenvalue weighted by Gasteiger charge is -2.20. The third-order valence-electron chi connectivity index (χ3n) is 2.86. The number of hydrogen-bond acceptors (Lipinski definition) is 2. The number of rotatable bonds is 3. The molecule has 0 spiro atoms. The van der Waals surface area contributed by atoms with Crippen LogP contribution in [0, 0.1) is 5.82 Å². The normalized spacial score (nSPS) is 11.3. The summed E-state index contributed by atoms with van der Waals surface area (Å²) in [4.78, 5) is 1.63. The Hall–Kier alpha value is -2.24. The molecule has 0 aliphatic heterocycles. The van der Waals surface area contributed by atoms with Crippen LogP contribution < -0.4 is 9.64 Å². The van der Waals surface area contributed by atoms with Gasteiger partial charge < -0.3 is 9.64 Å². The summed E-state index contributed by atoms with van der Waals surface area (Å²) in [5.74, 6) is -1.04. The van der Waals surface area contributed by atoms with Gasteiger partial charge in [0.1, 0.15) is 11.6 Å². The summed E-state index contributed by atoms with van der Waals surface area (Å²) < 4.78 is 55.5. The third-order valence-corrected chi connectivity index (χ3v) is 2.86. The van der Waals surface area contributed by atoms with Gasteiger partial charge in [0.2, 0.25) is 0 Å². The molecule has 0 atom stereocenters. The van der Waals surface area contributed by atoms with Gasteiger partial charge in [-0.15, -0.1) is 13.2 Å². The van der Waals surface area contributed by atoms with Gasteiger partial charge in [0, 0.05) is 30.9 Å². The lowest BCUT2D eigenvalue weighted by Crippen LogP contribution is -2.18. The number of alkyl halides is 3. The molecule has 0 aromatic heterocycles. The van der Waals surface area contributed by atoms with E-state index in [1.165, 1.54) is 30.3 Å². The van der Waals surface area contributed by atoms with Gasteiger partial charge in [-0.25, -0.2) is 4.39 Å². The fourth-order valence-corrected chi connectivity index (χ4v) is 2.04. The first-order valence-electron chi connectivity index (χ1n) is 6.10. The third kappa shape index (κ3) is 3.45. The van der Waals surface area contributed by atoms with Crippen molar-refractivity contribution in [2.45, 2.75) is 6.36 Å². The molecule has 0 aliphatic rings. The summed E-state index contributed by atoms with van der Waals surface area (Å²) in [7, 11) is 3.37. The lowest BCUT2D eigenvalue weighted by atomic mass is 10.0. The molecule has 2 nitrogen and oxygen atoms in total. The molecule has 112 valence electrons. The summed E-state index contributed by atoms with van der Waals surface area (Å²) >= 11 is 0. The minimum absolute atomic E-state index is 0.0524. The highest BCUT2D eigenvalue weighted by atomic mass is 19.4. The first kappa shape index (κ1) is 15.2. The smallest absolute Gasteiger partial charge is 0.405 e. The Bertz CT molecular complexity index is 638. The van der Waals surface area contributed by atoms with E-state index in [-0.39, 0.29) is 11.1 Å². The van der Waals surface area contributed by atoms with Gasteiger partial charge in [-0.05, 0) is 18.2 Å². The molecule has 0 saturated heterocycles. The van der Waals surface area contributed by atoms with Crippen LogP contribution in [-0.4, -0.2) is 20.5 Å². The second-order valence-corrected chi connectivity index (χ2v) is 4.57. The molecule has 0 radical (unpaired) electrons. The highest BCUT2D eigenvalue weighted by Crippen LogP contribution is 2.39. The van der Waals surface area contributed by atoms with E-state index < -0.39 is 17.9 Å². The Morgan fingerprint density at radius 3 is 2.24 bits per heavy atom. The number of para-hydroxylation sites is 1. The van der Waals surface area contributed by atoms with Crippen LogP contribution in [0.15, 0.2) is 42.5 Å². The van der Waals surface area contributed by atoms with Crippen LogP contribution in [0.4, 0.5) is 23.2 Å². The maximum atomic E-state index is 14.1. The van der Waals surface area contributed by atoms with Crippen LogP contribution in [0.25, 0.3) is 11.1 Å². The zero-order chi connectivity index (χ0) is 15.6. The maximum Gasteiger partial charge on any atom is 0.573 e. The number of nitrogens with zero attached hydrogens (tertiary/aromatic N) is 1. The van der Waals surface area contributed by atoms with Crippen LogP contribution in [0.2, 0.25) is 0 Å². The van der Waals surface area contributed by atoms with Gasteiger partial charge in [0.15, 0.2) is 0 Å².